The first-order valence-electron chi connectivity index (χ1n) is 6.48. The number of nitrogens with one attached hydrogen (secondary N) is 1. The van der Waals surface area contributed by atoms with Crippen LogP contribution in [-0.2, 0) is 7.05 Å². The number of nitrogens with zero attached hydrogens (tertiary/aromatic N) is 2. The maximum Gasteiger partial charge on any atom is 0.0547 e. The molecule has 88 valence electrons. The second-order valence-corrected chi connectivity index (χ2v) is 5.55. The maximum atomic E-state index is 4.24. The quantitative estimate of drug-likeness (QED) is 0.845. The molecule has 1 aromatic heterocycles. The lowest BCUT2D eigenvalue weighted by molar-refractivity contribution is 0.321. The predicted molar refractivity (Wildman–Crippen MR) is 64.0 cm³/mol. The minimum atomic E-state index is 0.428. The summed E-state index contributed by atoms with van der Waals surface area (Å²) < 4.78 is 1.98. The average Bonchev–Trinajstić information content (AvgIpc) is 2.92. The SMILES string of the molecule is CC(NC1CC2CCC1C2)c1ccnn1C. The van der Waals surface area contributed by atoms with Gasteiger partial charge in [0.15, 0.2) is 0 Å². The van der Waals surface area contributed by atoms with E-state index in [0.29, 0.717) is 6.04 Å². The molecular formula is C13H21N3. The van der Waals surface area contributed by atoms with Crippen molar-refractivity contribution in [2.75, 3.05) is 0 Å². The molecule has 1 aromatic rings. The van der Waals surface area contributed by atoms with E-state index < -0.39 is 0 Å². The van der Waals surface area contributed by atoms with E-state index in [1.54, 1.807) is 0 Å². The van der Waals surface area contributed by atoms with Crippen molar-refractivity contribution in [1.82, 2.24) is 15.1 Å². The van der Waals surface area contributed by atoms with Crippen molar-refractivity contribution in [3.05, 3.63) is 18.0 Å². The Morgan fingerprint density at radius 3 is 2.88 bits per heavy atom. The zero-order valence-electron chi connectivity index (χ0n) is 10.2. The first-order valence-corrected chi connectivity index (χ1v) is 6.48. The molecule has 0 aromatic carbocycles. The van der Waals surface area contributed by atoms with E-state index >= 15 is 0 Å². The number of aromatic nitrogens is 2. The Labute approximate surface area is 97.2 Å². The largest absolute Gasteiger partial charge is 0.306 e. The monoisotopic (exact) mass is 219 g/mol. The Morgan fingerprint density at radius 1 is 1.44 bits per heavy atom. The van der Waals surface area contributed by atoms with Crippen molar-refractivity contribution in [1.29, 1.82) is 0 Å². The summed E-state index contributed by atoms with van der Waals surface area (Å²) in [5.74, 6) is 1.96. The minimum absolute atomic E-state index is 0.428. The molecule has 3 rings (SSSR count). The molecule has 2 saturated carbocycles. The fourth-order valence-corrected chi connectivity index (χ4v) is 3.66. The predicted octanol–water partition coefficient (Wildman–Crippen LogP) is 2.26. The molecule has 2 aliphatic carbocycles. The van der Waals surface area contributed by atoms with Gasteiger partial charge in [0.2, 0.25) is 0 Å². The molecule has 0 aliphatic heterocycles. The van der Waals surface area contributed by atoms with E-state index in [-0.39, 0.29) is 0 Å². The molecule has 4 unspecified atom stereocenters. The van der Waals surface area contributed by atoms with E-state index in [4.69, 9.17) is 0 Å². The topological polar surface area (TPSA) is 29.9 Å². The third-order valence-corrected chi connectivity index (χ3v) is 4.50. The van der Waals surface area contributed by atoms with Gasteiger partial charge in [-0.3, -0.25) is 4.68 Å². The molecule has 0 saturated heterocycles. The van der Waals surface area contributed by atoms with Crippen LogP contribution in [0.1, 0.15) is 44.3 Å². The first kappa shape index (κ1) is 10.3. The van der Waals surface area contributed by atoms with Crippen molar-refractivity contribution < 1.29 is 0 Å². The van der Waals surface area contributed by atoms with Crippen LogP contribution in [-0.4, -0.2) is 15.8 Å². The Kier molecular flexibility index (Phi) is 2.51. The summed E-state index contributed by atoms with van der Waals surface area (Å²) in [6.45, 7) is 2.25. The van der Waals surface area contributed by atoms with Crippen molar-refractivity contribution >= 4 is 0 Å². The number of rotatable bonds is 3. The lowest BCUT2D eigenvalue weighted by Gasteiger charge is -2.26. The first-order chi connectivity index (χ1) is 7.74. The minimum Gasteiger partial charge on any atom is -0.306 e. The highest BCUT2D eigenvalue weighted by molar-refractivity contribution is 5.07. The van der Waals surface area contributed by atoms with Gasteiger partial charge in [0.1, 0.15) is 0 Å². The molecular weight excluding hydrogens is 198 g/mol. The molecule has 0 radical (unpaired) electrons. The Hall–Kier alpha value is -0.830. The third-order valence-electron chi connectivity index (χ3n) is 4.50. The van der Waals surface area contributed by atoms with E-state index in [9.17, 15) is 0 Å². The number of fused-ring (bicyclic) bond motifs is 2. The second-order valence-electron chi connectivity index (χ2n) is 5.55. The molecule has 3 nitrogen and oxygen atoms in total. The number of hydrogen-bond donors (Lipinski definition) is 1. The molecule has 1 N–H and O–H groups in total. The summed E-state index contributed by atoms with van der Waals surface area (Å²) in [6, 6.07) is 3.30. The van der Waals surface area contributed by atoms with Gasteiger partial charge in [-0.2, -0.15) is 5.10 Å². The van der Waals surface area contributed by atoms with Gasteiger partial charge < -0.3 is 5.32 Å². The normalized spacial score (nSPS) is 34.5. The zero-order chi connectivity index (χ0) is 11.1. The summed E-state index contributed by atoms with van der Waals surface area (Å²) in [5.41, 5.74) is 1.29. The summed E-state index contributed by atoms with van der Waals surface area (Å²) >= 11 is 0. The van der Waals surface area contributed by atoms with Crippen molar-refractivity contribution in [2.45, 2.75) is 44.7 Å². The van der Waals surface area contributed by atoms with Gasteiger partial charge in [0.25, 0.3) is 0 Å². The lowest BCUT2D eigenvalue weighted by Crippen LogP contribution is -2.36. The summed E-state index contributed by atoms with van der Waals surface area (Å²) in [6.07, 6.45) is 7.67. The standard InChI is InChI=1S/C13H21N3/c1-9(13-5-6-14-16(13)2)15-12-8-10-3-4-11(12)7-10/h5-6,9-12,15H,3-4,7-8H2,1-2H3. The zero-order valence-corrected chi connectivity index (χ0v) is 10.2. The number of aryl methyl sites for hydroxylation is 1. The fraction of sp³-hybridized carbons (Fsp3) is 0.769. The Morgan fingerprint density at radius 2 is 2.31 bits per heavy atom. The van der Waals surface area contributed by atoms with Crippen LogP contribution in [0.15, 0.2) is 12.3 Å². The molecule has 16 heavy (non-hydrogen) atoms. The van der Waals surface area contributed by atoms with E-state index in [1.807, 2.05) is 17.9 Å². The third kappa shape index (κ3) is 1.67. The average molecular weight is 219 g/mol. The van der Waals surface area contributed by atoms with Crippen LogP contribution in [0.25, 0.3) is 0 Å². The summed E-state index contributed by atoms with van der Waals surface area (Å²) in [5, 5.41) is 8.03. The summed E-state index contributed by atoms with van der Waals surface area (Å²) in [4.78, 5) is 0. The molecule has 0 spiro atoms. The summed E-state index contributed by atoms with van der Waals surface area (Å²) in [7, 11) is 2.02. The number of hydrogen-bond acceptors (Lipinski definition) is 2. The molecule has 0 amide bonds. The van der Waals surface area contributed by atoms with E-state index in [2.05, 4.69) is 23.4 Å². The van der Waals surface area contributed by atoms with Crippen LogP contribution >= 0.6 is 0 Å². The van der Waals surface area contributed by atoms with Crippen molar-refractivity contribution in [2.24, 2.45) is 18.9 Å². The highest BCUT2D eigenvalue weighted by Gasteiger charge is 2.39. The second kappa shape index (κ2) is 3.88. The maximum absolute atomic E-state index is 4.24. The smallest absolute Gasteiger partial charge is 0.0547 e. The van der Waals surface area contributed by atoms with Crippen LogP contribution in [0.5, 0.6) is 0 Å². The van der Waals surface area contributed by atoms with Gasteiger partial charge in [-0.25, -0.2) is 0 Å². The van der Waals surface area contributed by atoms with E-state index in [0.717, 1.165) is 17.9 Å². The molecule has 2 fully saturated rings. The van der Waals surface area contributed by atoms with Crippen LogP contribution in [0, 0.1) is 11.8 Å². The van der Waals surface area contributed by atoms with Crippen LogP contribution < -0.4 is 5.32 Å². The Balaban J connectivity index is 1.65. The van der Waals surface area contributed by atoms with Gasteiger partial charge in [0.05, 0.1) is 5.69 Å². The van der Waals surface area contributed by atoms with Crippen LogP contribution in [0.4, 0.5) is 0 Å². The molecule has 3 heteroatoms. The molecule has 2 aliphatic rings. The molecule has 4 atom stereocenters. The van der Waals surface area contributed by atoms with Gasteiger partial charge in [0, 0.05) is 25.3 Å². The van der Waals surface area contributed by atoms with Gasteiger partial charge in [-0.15, -0.1) is 0 Å². The van der Waals surface area contributed by atoms with Crippen LogP contribution in [0.2, 0.25) is 0 Å². The highest BCUT2D eigenvalue weighted by atomic mass is 15.3. The lowest BCUT2D eigenvalue weighted by atomic mass is 9.94. The van der Waals surface area contributed by atoms with Crippen molar-refractivity contribution in [3.8, 4) is 0 Å². The van der Waals surface area contributed by atoms with Gasteiger partial charge >= 0.3 is 0 Å². The van der Waals surface area contributed by atoms with Gasteiger partial charge in [-0.1, -0.05) is 6.42 Å². The molecule has 1 heterocycles. The van der Waals surface area contributed by atoms with E-state index in [1.165, 1.54) is 31.4 Å². The van der Waals surface area contributed by atoms with Crippen molar-refractivity contribution in [3.63, 3.8) is 0 Å². The highest BCUT2D eigenvalue weighted by Crippen LogP contribution is 2.45. The fourth-order valence-electron chi connectivity index (χ4n) is 3.66. The van der Waals surface area contributed by atoms with Gasteiger partial charge in [-0.05, 0) is 44.1 Å². The Bertz CT molecular complexity index is 371. The van der Waals surface area contributed by atoms with Crippen LogP contribution in [0.3, 0.4) is 0 Å². The molecule has 2 bridgehead atoms.